The van der Waals surface area contributed by atoms with Crippen molar-refractivity contribution in [3.8, 4) is 5.75 Å². The van der Waals surface area contributed by atoms with Crippen molar-refractivity contribution in [2.24, 2.45) is 11.8 Å². The molecule has 2 aromatic rings. The molecule has 0 saturated carbocycles. The summed E-state index contributed by atoms with van der Waals surface area (Å²) in [5.41, 5.74) is 0.621. The summed E-state index contributed by atoms with van der Waals surface area (Å²) in [6, 6.07) is 3.12. The van der Waals surface area contributed by atoms with Crippen LogP contribution in [0.4, 0.5) is 10.2 Å². The lowest BCUT2D eigenvalue weighted by molar-refractivity contribution is 0.387. The molecule has 118 valence electrons. The van der Waals surface area contributed by atoms with E-state index in [1.807, 2.05) is 0 Å². The highest BCUT2D eigenvalue weighted by atomic mass is 19.1. The van der Waals surface area contributed by atoms with E-state index in [0.29, 0.717) is 17.4 Å². The minimum atomic E-state index is -0.390. The number of hydrogen-bond donors (Lipinski definition) is 0. The summed E-state index contributed by atoms with van der Waals surface area (Å²) in [5.74, 6) is 2.14. The first kappa shape index (κ1) is 15.0. The quantitative estimate of drug-likeness (QED) is 0.864. The fourth-order valence-corrected chi connectivity index (χ4v) is 3.34. The molecule has 1 aliphatic rings. The summed E-state index contributed by atoms with van der Waals surface area (Å²) in [5, 5.41) is 0.853. The van der Waals surface area contributed by atoms with Crippen LogP contribution in [0.3, 0.4) is 0 Å². The van der Waals surface area contributed by atoms with Gasteiger partial charge in [0, 0.05) is 24.5 Å². The van der Waals surface area contributed by atoms with E-state index in [9.17, 15) is 4.39 Å². The van der Waals surface area contributed by atoms with Gasteiger partial charge in [-0.15, -0.1) is 0 Å². The van der Waals surface area contributed by atoms with E-state index in [4.69, 9.17) is 4.74 Å². The maximum Gasteiger partial charge on any atom is 0.167 e. The lowest BCUT2D eigenvalue weighted by Gasteiger charge is -2.20. The smallest absolute Gasteiger partial charge is 0.167 e. The molecule has 0 bridgehead atoms. The number of benzene rings is 1. The fraction of sp³-hybridized carbons (Fsp3) is 0.529. The van der Waals surface area contributed by atoms with E-state index >= 15 is 0 Å². The first-order valence-electron chi connectivity index (χ1n) is 7.81. The topological polar surface area (TPSA) is 38.2 Å². The molecule has 0 radical (unpaired) electrons. The molecule has 0 spiro atoms. The van der Waals surface area contributed by atoms with Crippen LogP contribution in [-0.2, 0) is 0 Å². The number of rotatable bonds is 4. The summed E-state index contributed by atoms with van der Waals surface area (Å²) in [7, 11) is 1.47. The van der Waals surface area contributed by atoms with E-state index in [0.717, 1.165) is 24.3 Å². The molecule has 0 aliphatic carbocycles. The number of fused-ring (bicyclic) bond motifs is 1. The first-order valence-corrected chi connectivity index (χ1v) is 7.81. The van der Waals surface area contributed by atoms with Gasteiger partial charge in [0.05, 0.1) is 12.6 Å². The van der Waals surface area contributed by atoms with E-state index in [-0.39, 0.29) is 5.75 Å². The Hall–Kier alpha value is -1.91. The van der Waals surface area contributed by atoms with Crippen LogP contribution >= 0.6 is 0 Å². The van der Waals surface area contributed by atoms with Gasteiger partial charge in [-0.3, -0.25) is 0 Å². The maximum absolute atomic E-state index is 13.8. The van der Waals surface area contributed by atoms with Crippen molar-refractivity contribution in [1.82, 2.24) is 9.97 Å². The third kappa shape index (κ3) is 2.85. The minimum absolute atomic E-state index is 0.237. The van der Waals surface area contributed by atoms with E-state index in [1.165, 1.54) is 32.3 Å². The van der Waals surface area contributed by atoms with Gasteiger partial charge >= 0.3 is 0 Å². The Kier molecular flexibility index (Phi) is 4.14. The van der Waals surface area contributed by atoms with E-state index in [1.54, 1.807) is 6.07 Å². The molecule has 0 amide bonds. The highest BCUT2D eigenvalue weighted by Crippen LogP contribution is 2.33. The SMILES string of the molecule is COc1cc2c(N3CCC(CC(C)C)C3)ncnc2cc1F. The van der Waals surface area contributed by atoms with Gasteiger partial charge in [-0.1, -0.05) is 13.8 Å². The molecule has 1 atom stereocenters. The second-order valence-corrected chi connectivity index (χ2v) is 6.43. The summed E-state index contributed by atoms with van der Waals surface area (Å²) < 4.78 is 18.9. The van der Waals surface area contributed by atoms with Crippen molar-refractivity contribution in [2.75, 3.05) is 25.1 Å². The molecule has 22 heavy (non-hydrogen) atoms. The molecule has 5 heteroatoms. The van der Waals surface area contributed by atoms with Crippen molar-refractivity contribution in [3.05, 3.63) is 24.3 Å². The predicted octanol–water partition coefficient (Wildman–Crippen LogP) is 3.65. The second kappa shape index (κ2) is 6.07. The normalized spacial score (nSPS) is 18.4. The van der Waals surface area contributed by atoms with Gasteiger partial charge in [-0.05, 0) is 30.7 Å². The standard InChI is InChI=1S/C17H22FN3O/c1-11(2)6-12-4-5-21(9-12)17-13-7-16(22-3)14(18)8-15(13)19-10-20-17/h7-8,10-12H,4-6,9H2,1-3H3. The Labute approximate surface area is 130 Å². The van der Waals surface area contributed by atoms with Crippen LogP contribution in [-0.4, -0.2) is 30.2 Å². The van der Waals surface area contributed by atoms with Crippen LogP contribution in [0.2, 0.25) is 0 Å². The molecule has 1 aromatic carbocycles. The zero-order chi connectivity index (χ0) is 15.7. The largest absolute Gasteiger partial charge is 0.494 e. The van der Waals surface area contributed by atoms with Crippen molar-refractivity contribution in [1.29, 1.82) is 0 Å². The van der Waals surface area contributed by atoms with Crippen LogP contribution < -0.4 is 9.64 Å². The summed E-state index contributed by atoms with van der Waals surface area (Å²) in [6.45, 7) is 6.51. The van der Waals surface area contributed by atoms with Crippen molar-refractivity contribution < 1.29 is 9.13 Å². The second-order valence-electron chi connectivity index (χ2n) is 6.43. The van der Waals surface area contributed by atoms with Gasteiger partial charge in [-0.25, -0.2) is 14.4 Å². The minimum Gasteiger partial charge on any atom is -0.494 e. The van der Waals surface area contributed by atoms with Gasteiger partial charge in [0.1, 0.15) is 12.1 Å². The molecular weight excluding hydrogens is 281 g/mol. The Bertz CT molecular complexity index is 674. The number of aromatic nitrogens is 2. The molecule has 1 fully saturated rings. The Morgan fingerprint density at radius 2 is 2.18 bits per heavy atom. The number of ether oxygens (including phenoxy) is 1. The van der Waals surface area contributed by atoms with Crippen LogP contribution in [0.5, 0.6) is 5.75 Å². The zero-order valence-corrected chi connectivity index (χ0v) is 13.3. The van der Waals surface area contributed by atoms with E-state index in [2.05, 4.69) is 28.7 Å². The van der Waals surface area contributed by atoms with Gasteiger partial charge in [0.2, 0.25) is 0 Å². The molecule has 2 heterocycles. The first-order chi connectivity index (χ1) is 10.6. The summed E-state index contributed by atoms with van der Waals surface area (Å²) in [6.07, 6.45) is 3.93. The molecule has 3 rings (SSSR count). The van der Waals surface area contributed by atoms with Crippen LogP contribution in [0, 0.1) is 17.7 Å². The molecule has 1 aromatic heterocycles. The molecule has 0 N–H and O–H groups in total. The van der Waals surface area contributed by atoms with Crippen molar-refractivity contribution >= 4 is 16.7 Å². The van der Waals surface area contributed by atoms with Gasteiger partial charge in [0.25, 0.3) is 0 Å². The van der Waals surface area contributed by atoms with Crippen molar-refractivity contribution in [2.45, 2.75) is 26.7 Å². The number of halogens is 1. The molecule has 4 nitrogen and oxygen atoms in total. The number of hydrogen-bond acceptors (Lipinski definition) is 4. The Balaban J connectivity index is 1.94. The maximum atomic E-state index is 13.8. The van der Waals surface area contributed by atoms with Crippen LogP contribution in [0.25, 0.3) is 10.9 Å². The van der Waals surface area contributed by atoms with Gasteiger partial charge in [-0.2, -0.15) is 0 Å². The Morgan fingerprint density at radius 3 is 2.91 bits per heavy atom. The number of nitrogens with zero attached hydrogens (tertiary/aromatic N) is 3. The Morgan fingerprint density at radius 1 is 1.36 bits per heavy atom. The van der Waals surface area contributed by atoms with Crippen LogP contribution in [0.15, 0.2) is 18.5 Å². The van der Waals surface area contributed by atoms with Gasteiger partial charge < -0.3 is 9.64 Å². The van der Waals surface area contributed by atoms with Crippen LogP contribution in [0.1, 0.15) is 26.7 Å². The summed E-state index contributed by atoms with van der Waals surface area (Å²) >= 11 is 0. The third-order valence-electron chi connectivity index (χ3n) is 4.28. The average molecular weight is 303 g/mol. The number of methoxy groups -OCH3 is 1. The van der Waals surface area contributed by atoms with Crippen molar-refractivity contribution in [3.63, 3.8) is 0 Å². The lowest BCUT2D eigenvalue weighted by Crippen LogP contribution is -2.21. The predicted molar refractivity (Wildman–Crippen MR) is 85.8 cm³/mol. The fourth-order valence-electron chi connectivity index (χ4n) is 3.34. The zero-order valence-electron chi connectivity index (χ0n) is 13.3. The molecule has 1 unspecified atom stereocenters. The summed E-state index contributed by atoms with van der Waals surface area (Å²) in [4.78, 5) is 10.9. The molecular formula is C17H22FN3O. The highest BCUT2D eigenvalue weighted by Gasteiger charge is 2.25. The highest BCUT2D eigenvalue weighted by molar-refractivity contribution is 5.90. The molecule has 1 saturated heterocycles. The van der Waals surface area contributed by atoms with Gasteiger partial charge in [0.15, 0.2) is 11.6 Å². The average Bonchev–Trinajstić information content (AvgIpc) is 2.93. The van der Waals surface area contributed by atoms with E-state index < -0.39 is 5.82 Å². The number of anilines is 1. The third-order valence-corrected chi connectivity index (χ3v) is 4.28. The molecule has 1 aliphatic heterocycles. The monoisotopic (exact) mass is 303 g/mol. The lowest BCUT2D eigenvalue weighted by atomic mass is 9.97.